The summed E-state index contributed by atoms with van der Waals surface area (Å²) in [7, 11) is 0. The molecule has 2 aliphatic heterocycles. The van der Waals surface area contributed by atoms with Gasteiger partial charge in [0.05, 0.1) is 17.1 Å². The fourth-order valence-electron chi connectivity index (χ4n) is 4.97. The van der Waals surface area contributed by atoms with Crippen molar-refractivity contribution in [2.75, 3.05) is 24.5 Å². The van der Waals surface area contributed by atoms with Crippen LogP contribution in [0.4, 0.5) is 10.1 Å². The predicted octanol–water partition coefficient (Wildman–Crippen LogP) is 4.62. The fraction of sp³-hybridized carbons (Fsp3) is 0.269. The fourth-order valence-corrected chi connectivity index (χ4v) is 4.97. The van der Waals surface area contributed by atoms with E-state index in [2.05, 4.69) is 62.9 Å². The Morgan fingerprint density at radius 2 is 1.88 bits per heavy atom. The van der Waals surface area contributed by atoms with Gasteiger partial charge < -0.3 is 14.8 Å². The standard InChI is InChI=1S/C26H26FN5/c1-17-13-30(10-9-28-17)23-7-8-24-21(11-23)16-31-15-20(19-3-5-22(27)6-4-19)12-25(31)26-29-18(2)14-32(24)26/h3-8,11-12,14-15,17,28H,9-10,13,16H2,1-2H3. The SMILES string of the molecule is Cc1cn2c(n1)-c1cc(-c3ccc(F)cc3)cn1Cc1cc(N3CCNC(C)C3)ccc1-2. The summed E-state index contributed by atoms with van der Waals surface area (Å²) in [5.74, 6) is 0.725. The van der Waals surface area contributed by atoms with Crippen LogP contribution in [-0.2, 0) is 6.54 Å². The van der Waals surface area contributed by atoms with E-state index in [1.165, 1.54) is 29.1 Å². The molecule has 0 amide bonds. The van der Waals surface area contributed by atoms with Gasteiger partial charge in [-0.15, -0.1) is 0 Å². The van der Waals surface area contributed by atoms with Crippen molar-refractivity contribution in [3.63, 3.8) is 0 Å². The van der Waals surface area contributed by atoms with E-state index >= 15 is 0 Å². The van der Waals surface area contributed by atoms with Crippen molar-refractivity contribution >= 4 is 5.69 Å². The Kier molecular flexibility index (Phi) is 4.43. The van der Waals surface area contributed by atoms with E-state index in [9.17, 15) is 4.39 Å². The molecule has 6 heteroatoms. The number of hydrogen-bond acceptors (Lipinski definition) is 3. The number of aromatic nitrogens is 3. The second-order valence-electron chi connectivity index (χ2n) is 8.94. The summed E-state index contributed by atoms with van der Waals surface area (Å²) in [6.07, 6.45) is 4.27. The number of imidazole rings is 1. The van der Waals surface area contributed by atoms with Gasteiger partial charge in [-0.05, 0) is 61.4 Å². The average Bonchev–Trinajstić information content (AvgIpc) is 3.35. The Bertz CT molecular complexity index is 1300. The Hall–Kier alpha value is -3.38. The lowest BCUT2D eigenvalue weighted by Crippen LogP contribution is -2.49. The average molecular weight is 428 g/mol. The zero-order valence-corrected chi connectivity index (χ0v) is 18.3. The van der Waals surface area contributed by atoms with Crippen molar-refractivity contribution in [1.82, 2.24) is 19.4 Å². The highest BCUT2D eigenvalue weighted by Gasteiger charge is 2.24. The highest BCUT2D eigenvalue weighted by molar-refractivity contribution is 5.72. The van der Waals surface area contributed by atoms with Gasteiger partial charge in [-0.2, -0.15) is 0 Å². The van der Waals surface area contributed by atoms with Crippen molar-refractivity contribution in [2.45, 2.75) is 26.4 Å². The highest BCUT2D eigenvalue weighted by atomic mass is 19.1. The van der Waals surface area contributed by atoms with E-state index in [1.54, 1.807) is 0 Å². The topological polar surface area (TPSA) is 38.0 Å². The molecule has 5 nitrogen and oxygen atoms in total. The minimum atomic E-state index is -0.218. The molecule has 0 radical (unpaired) electrons. The van der Waals surface area contributed by atoms with Gasteiger partial charge in [-0.25, -0.2) is 9.37 Å². The maximum atomic E-state index is 13.4. The molecule has 0 saturated carbocycles. The van der Waals surface area contributed by atoms with E-state index < -0.39 is 0 Å². The number of rotatable bonds is 2. The van der Waals surface area contributed by atoms with Gasteiger partial charge in [0, 0.05) is 55.9 Å². The molecule has 162 valence electrons. The second kappa shape index (κ2) is 7.35. The maximum absolute atomic E-state index is 13.4. The Balaban J connectivity index is 1.46. The molecule has 0 aliphatic carbocycles. The van der Waals surface area contributed by atoms with Crippen LogP contribution in [0.5, 0.6) is 0 Å². The minimum Gasteiger partial charge on any atom is -0.369 e. The number of aryl methyl sites for hydroxylation is 1. The van der Waals surface area contributed by atoms with Gasteiger partial charge in [0.1, 0.15) is 5.82 Å². The van der Waals surface area contributed by atoms with Crippen molar-refractivity contribution in [3.05, 3.63) is 78.0 Å². The first kappa shape index (κ1) is 19.3. The van der Waals surface area contributed by atoms with Gasteiger partial charge in [-0.3, -0.25) is 4.57 Å². The van der Waals surface area contributed by atoms with Crippen molar-refractivity contribution in [2.24, 2.45) is 0 Å². The number of piperazine rings is 1. The Morgan fingerprint density at radius 3 is 2.69 bits per heavy atom. The number of nitrogens with one attached hydrogen (secondary N) is 1. The quantitative estimate of drug-likeness (QED) is 0.447. The van der Waals surface area contributed by atoms with Crippen LogP contribution in [0, 0.1) is 12.7 Å². The van der Waals surface area contributed by atoms with Crippen LogP contribution >= 0.6 is 0 Å². The van der Waals surface area contributed by atoms with E-state index in [0.717, 1.165) is 54.5 Å². The molecule has 0 spiro atoms. The number of halogens is 1. The molecular weight excluding hydrogens is 401 g/mol. The number of benzene rings is 2. The minimum absolute atomic E-state index is 0.218. The van der Waals surface area contributed by atoms with Crippen molar-refractivity contribution < 1.29 is 4.39 Å². The van der Waals surface area contributed by atoms with E-state index in [1.807, 2.05) is 19.1 Å². The zero-order valence-electron chi connectivity index (χ0n) is 18.3. The second-order valence-corrected chi connectivity index (χ2v) is 8.94. The third kappa shape index (κ3) is 3.22. The maximum Gasteiger partial charge on any atom is 0.161 e. The van der Waals surface area contributed by atoms with Crippen LogP contribution in [0.15, 0.2) is 60.9 Å². The number of hydrogen-bond donors (Lipinski definition) is 1. The van der Waals surface area contributed by atoms with Gasteiger partial charge in [0.25, 0.3) is 0 Å². The number of anilines is 1. The van der Waals surface area contributed by atoms with Crippen LogP contribution in [-0.4, -0.2) is 39.8 Å². The van der Waals surface area contributed by atoms with Crippen LogP contribution in [0.3, 0.4) is 0 Å². The molecule has 1 atom stereocenters. The largest absolute Gasteiger partial charge is 0.369 e. The van der Waals surface area contributed by atoms with Crippen molar-refractivity contribution in [3.8, 4) is 28.3 Å². The molecule has 1 fully saturated rings. The first-order chi connectivity index (χ1) is 15.5. The summed E-state index contributed by atoms with van der Waals surface area (Å²) in [5.41, 5.74) is 7.86. The lowest BCUT2D eigenvalue weighted by Gasteiger charge is -2.34. The molecule has 1 N–H and O–H groups in total. The van der Waals surface area contributed by atoms with E-state index in [4.69, 9.17) is 4.98 Å². The Labute approximate surface area is 187 Å². The molecule has 2 aromatic carbocycles. The molecule has 1 saturated heterocycles. The summed E-state index contributed by atoms with van der Waals surface area (Å²) in [6, 6.07) is 16.1. The molecule has 2 aliphatic rings. The normalized spacial score (nSPS) is 17.5. The first-order valence-corrected chi connectivity index (χ1v) is 11.2. The van der Waals surface area contributed by atoms with Crippen molar-refractivity contribution in [1.29, 1.82) is 0 Å². The third-order valence-electron chi connectivity index (χ3n) is 6.53. The molecule has 1 unspecified atom stereocenters. The number of fused-ring (bicyclic) bond motifs is 5. The first-order valence-electron chi connectivity index (χ1n) is 11.2. The van der Waals surface area contributed by atoms with Gasteiger partial charge in [0.15, 0.2) is 5.82 Å². The number of nitrogens with zero attached hydrogens (tertiary/aromatic N) is 4. The van der Waals surface area contributed by atoms with Crippen LogP contribution in [0.2, 0.25) is 0 Å². The van der Waals surface area contributed by atoms with Gasteiger partial charge in [-0.1, -0.05) is 12.1 Å². The summed E-state index contributed by atoms with van der Waals surface area (Å²) in [6.45, 7) is 8.07. The summed E-state index contributed by atoms with van der Waals surface area (Å²) in [4.78, 5) is 7.32. The monoisotopic (exact) mass is 427 g/mol. The summed E-state index contributed by atoms with van der Waals surface area (Å²) in [5, 5.41) is 3.52. The van der Waals surface area contributed by atoms with Crippen LogP contribution in [0.1, 0.15) is 18.2 Å². The highest BCUT2D eigenvalue weighted by Crippen LogP contribution is 2.36. The van der Waals surface area contributed by atoms with E-state index in [-0.39, 0.29) is 5.82 Å². The molecule has 4 heterocycles. The molecule has 6 rings (SSSR count). The smallest absolute Gasteiger partial charge is 0.161 e. The zero-order chi connectivity index (χ0) is 21.8. The summed E-state index contributed by atoms with van der Waals surface area (Å²) < 4.78 is 17.9. The van der Waals surface area contributed by atoms with E-state index in [0.29, 0.717) is 6.04 Å². The molecular formula is C26H26FN5. The molecule has 0 bridgehead atoms. The molecule has 2 aromatic heterocycles. The third-order valence-corrected chi connectivity index (χ3v) is 6.53. The lowest BCUT2D eigenvalue weighted by molar-refractivity contribution is 0.485. The summed E-state index contributed by atoms with van der Waals surface area (Å²) >= 11 is 0. The Morgan fingerprint density at radius 1 is 1.03 bits per heavy atom. The van der Waals surface area contributed by atoms with Crippen LogP contribution in [0.25, 0.3) is 28.3 Å². The molecule has 4 aromatic rings. The van der Waals surface area contributed by atoms with Crippen LogP contribution < -0.4 is 10.2 Å². The van der Waals surface area contributed by atoms with Gasteiger partial charge in [0.2, 0.25) is 0 Å². The lowest BCUT2D eigenvalue weighted by atomic mass is 10.1. The van der Waals surface area contributed by atoms with Gasteiger partial charge >= 0.3 is 0 Å². The predicted molar refractivity (Wildman–Crippen MR) is 126 cm³/mol. The molecule has 32 heavy (non-hydrogen) atoms.